The zero-order chi connectivity index (χ0) is 23.8. The van der Waals surface area contributed by atoms with Crippen molar-refractivity contribution >= 4 is 23.8 Å². The summed E-state index contributed by atoms with van der Waals surface area (Å²) in [5.41, 5.74) is 2.52. The lowest BCUT2D eigenvalue weighted by molar-refractivity contribution is -0.385. The van der Waals surface area contributed by atoms with Gasteiger partial charge in [0.15, 0.2) is 0 Å². The molecule has 0 unspecified atom stereocenters. The van der Waals surface area contributed by atoms with E-state index in [2.05, 4.69) is 10.5 Å². The second kappa shape index (κ2) is 10.5. The summed E-state index contributed by atoms with van der Waals surface area (Å²) in [7, 11) is 3.00. The van der Waals surface area contributed by atoms with E-state index in [1.807, 2.05) is 0 Å². The predicted molar refractivity (Wildman–Crippen MR) is 119 cm³/mol. The normalized spacial score (nSPS) is 10.5. The van der Waals surface area contributed by atoms with Crippen LogP contribution in [0.1, 0.15) is 26.3 Å². The molecule has 3 aromatic rings. The number of para-hydroxylation sites is 1. The number of nitrogens with zero attached hydrogens (tertiary/aromatic N) is 2. The van der Waals surface area contributed by atoms with Gasteiger partial charge < -0.3 is 14.2 Å². The van der Waals surface area contributed by atoms with Crippen LogP contribution < -0.4 is 19.6 Å². The van der Waals surface area contributed by atoms with E-state index in [0.717, 1.165) is 6.21 Å². The van der Waals surface area contributed by atoms with Crippen LogP contribution in [-0.2, 0) is 0 Å². The highest BCUT2D eigenvalue weighted by Gasteiger charge is 2.22. The maximum Gasteiger partial charge on any atom is 0.343 e. The SMILES string of the molecule is COc1ccc(C(=O)N/N=C/c2cccc([N+](=O)[O-])c2OC(=O)c2ccc(OC)cc2)cc1. The van der Waals surface area contributed by atoms with Crippen molar-refractivity contribution in [3.05, 3.63) is 93.5 Å². The quantitative estimate of drug-likeness (QED) is 0.183. The summed E-state index contributed by atoms with van der Waals surface area (Å²) in [5.74, 6) is -0.474. The summed E-state index contributed by atoms with van der Waals surface area (Å²) in [6.07, 6.45) is 1.16. The number of methoxy groups -OCH3 is 2. The Bertz CT molecular complexity index is 1190. The Kier molecular flexibility index (Phi) is 7.32. The van der Waals surface area contributed by atoms with Crippen LogP contribution >= 0.6 is 0 Å². The first-order valence-corrected chi connectivity index (χ1v) is 9.54. The zero-order valence-corrected chi connectivity index (χ0v) is 17.7. The number of esters is 1. The molecule has 0 atom stereocenters. The van der Waals surface area contributed by atoms with Crippen molar-refractivity contribution in [1.29, 1.82) is 0 Å². The number of nitro groups is 1. The molecule has 0 aliphatic heterocycles. The number of rotatable bonds is 8. The van der Waals surface area contributed by atoms with E-state index in [0.29, 0.717) is 17.1 Å². The van der Waals surface area contributed by atoms with Crippen LogP contribution in [0.5, 0.6) is 17.2 Å². The molecule has 1 N–H and O–H groups in total. The number of amides is 1. The maximum atomic E-state index is 12.5. The summed E-state index contributed by atoms with van der Waals surface area (Å²) in [5, 5.41) is 15.3. The summed E-state index contributed by atoms with van der Waals surface area (Å²) < 4.78 is 15.4. The fraction of sp³-hybridized carbons (Fsp3) is 0.0870. The highest BCUT2D eigenvalue weighted by molar-refractivity contribution is 5.96. The topological polar surface area (TPSA) is 129 Å². The van der Waals surface area contributed by atoms with Crippen molar-refractivity contribution in [2.24, 2.45) is 5.10 Å². The van der Waals surface area contributed by atoms with Gasteiger partial charge in [0.2, 0.25) is 5.75 Å². The second-order valence-corrected chi connectivity index (χ2v) is 6.50. The standard InChI is InChI=1S/C23H19N3O7/c1-31-18-10-6-15(7-11-18)22(27)25-24-14-17-4-3-5-20(26(29)30)21(17)33-23(28)16-8-12-19(32-2)13-9-16/h3-14H,1-2H3,(H,25,27)/b24-14+. The Balaban J connectivity index is 1.81. The molecule has 0 heterocycles. The molecule has 3 rings (SSSR count). The number of ether oxygens (including phenoxy) is 3. The van der Waals surface area contributed by atoms with Gasteiger partial charge in [0, 0.05) is 17.2 Å². The highest BCUT2D eigenvalue weighted by atomic mass is 16.6. The number of hydrogen-bond donors (Lipinski definition) is 1. The highest BCUT2D eigenvalue weighted by Crippen LogP contribution is 2.31. The number of hydrogen-bond acceptors (Lipinski definition) is 8. The molecule has 0 aromatic heterocycles. The number of benzene rings is 3. The van der Waals surface area contributed by atoms with Gasteiger partial charge in [-0.15, -0.1) is 0 Å². The molecule has 10 nitrogen and oxygen atoms in total. The minimum Gasteiger partial charge on any atom is -0.497 e. The monoisotopic (exact) mass is 449 g/mol. The first kappa shape index (κ1) is 22.9. The lowest BCUT2D eigenvalue weighted by atomic mass is 10.1. The number of nitrogens with one attached hydrogen (secondary N) is 1. The van der Waals surface area contributed by atoms with E-state index in [4.69, 9.17) is 14.2 Å². The average Bonchev–Trinajstić information content (AvgIpc) is 2.84. The van der Waals surface area contributed by atoms with Crippen molar-refractivity contribution in [3.63, 3.8) is 0 Å². The van der Waals surface area contributed by atoms with Gasteiger partial charge in [0.05, 0.1) is 30.9 Å². The Hall–Kier alpha value is -4.73. The number of carbonyl (C=O) groups excluding carboxylic acids is 2. The molecule has 0 aliphatic rings. The van der Waals surface area contributed by atoms with E-state index in [9.17, 15) is 19.7 Å². The molecule has 1 amide bonds. The molecule has 33 heavy (non-hydrogen) atoms. The number of hydrazone groups is 1. The smallest absolute Gasteiger partial charge is 0.343 e. The molecule has 168 valence electrons. The van der Waals surface area contributed by atoms with Crippen molar-refractivity contribution < 1.29 is 28.7 Å². The van der Waals surface area contributed by atoms with Crippen molar-refractivity contribution in [3.8, 4) is 17.2 Å². The van der Waals surface area contributed by atoms with Gasteiger partial charge in [-0.05, 0) is 54.6 Å². The van der Waals surface area contributed by atoms with E-state index in [1.54, 1.807) is 36.4 Å². The number of carbonyl (C=O) groups is 2. The first-order chi connectivity index (χ1) is 15.9. The summed E-state index contributed by atoms with van der Waals surface area (Å²) >= 11 is 0. The van der Waals surface area contributed by atoms with Gasteiger partial charge in [-0.25, -0.2) is 10.2 Å². The van der Waals surface area contributed by atoms with Gasteiger partial charge in [-0.2, -0.15) is 5.10 Å². The van der Waals surface area contributed by atoms with E-state index in [1.165, 1.54) is 44.6 Å². The van der Waals surface area contributed by atoms with Crippen LogP contribution in [0.25, 0.3) is 0 Å². The second-order valence-electron chi connectivity index (χ2n) is 6.50. The zero-order valence-electron chi connectivity index (χ0n) is 17.7. The van der Waals surface area contributed by atoms with Crippen LogP contribution in [-0.4, -0.2) is 37.2 Å². The van der Waals surface area contributed by atoms with Crippen molar-refractivity contribution in [2.45, 2.75) is 0 Å². The lowest BCUT2D eigenvalue weighted by Crippen LogP contribution is -2.17. The maximum absolute atomic E-state index is 12.5. The molecule has 0 radical (unpaired) electrons. The third-order valence-corrected chi connectivity index (χ3v) is 4.46. The first-order valence-electron chi connectivity index (χ1n) is 9.54. The molecular weight excluding hydrogens is 430 g/mol. The third-order valence-electron chi connectivity index (χ3n) is 4.46. The van der Waals surface area contributed by atoms with Gasteiger partial charge in [0.25, 0.3) is 5.91 Å². The Morgan fingerprint density at radius 2 is 1.48 bits per heavy atom. The molecule has 0 fully saturated rings. The van der Waals surface area contributed by atoms with Crippen LogP contribution in [0.4, 0.5) is 5.69 Å². The van der Waals surface area contributed by atoms with Crippen LogP contribution in [0, 0.1) is 10.1 Å². The average molecular weight is 449 g/mol. The van der Waals surface area contributed by atoms with E-state index in [-0.39, 0.29) is 16.9 Å². The van der Waals surface area contributed by atoms with Crippen LogP contribution in [0.15, 0.2) is 71.8 Å². The fourth-order valence-corrected chi connectivity index (χ4v) is 2.74. The molecule has 0 spiro atoms. The predicted octanol–water partition coefficient (Wildman–Crippen LogP) is 3.60. The molecule has 3 aromatic carbocycles. The van der Waals surface area contributed by atoms with Crippen LogP contribution in [0.3, 0.4) is 0 Å². The Labute approximate surface area is 188 Å². The van der Waals surface area contributed by atoms with E-state index < -0.39 is 22.5 Å². The summed E-state index contributed by atoms with van der Waals surface area (Å²) in [6.45, 7) is 0. The Morgan fingerprint density at radius 1 is 0.909 bits per heavy atom. The third kappa shape index (κ3) is 5.70. The van der Waals surface area contributed by atoms with Crippen molar-refractivity contribution in [1.82, 2.24) is 5.43 Å². The minimum atomic E-state index is -0.802. The van der Waals surface area contributed by atoms with Crippen LogP contribution in [0.2, 0.25) is 0 Å². The number of nitro benzene ring substituents is 1. The summed E-state index contributed by atoms with van der Waals surface area (Å²) in [6, 6.07) is 16.5. The van der Waals surface area contributed by atoms with Crippen molar-refractivity contribution in [2.75, 3.05) is 14.2 Å². The molecule has 0 aliphatic carbocycles. The minimum absolute atomic E-state index is 0.126. The van der Waals surface area contributed by atoms with Gasteiger partial charge in [-0.1, -0.05) is 6.07 Å². The Morgan fingerprint density at radius 3 is 2.03 bits per heavy atom. The van der Waals surface area contributed by atoms with E-state index >= 15 is 0 Å². The van der Waals surface area contributed by atoms with Gasteiger partial charge in [-0.3, -0.25) is 14.9 Å². The molecule has 10 heteroatoms. The molecule has 0 saturated carbocycles. The molecule has 0 saturated heterocycles. The largest absolute Gasteiger partial charge is 0.497 e. The fourth-order valence-electron chi connectivity index (χ4n) is 2.74. The van der Waals surface area contributed by atoms with Gasteiger partial charge >= 0.3 is 11.7 Å². The van der Waals surface area contributed by atoms with Gasteiger partial charge in [0.1, 0.15) is 11.5 Å². The molecular formula is C23H19N3O7. The lowest BCUT2D eigenvalue weighted by Gasteiger charge is -2.08. The molecule has 0 bridgehead atoms. The summed E-state index contributed by atoms with van der Waals surface area (Å²) in [4.78, 5) is 35.6.